The highest BCUT2D eigenvalue weighted by Gasteiger charge is 2.24. The van der Waals surface area contributed by atoms with Crippen LogP contribution in [0.25, 0.3) is 10.8 Å². The number of hydrogen-bond acceptors (Lipinski definition) is 7. The molecule has 10 nitrogen and oxygen atoms in total. The van der Waals surface area contributed by atoms with Crippen molar-refractivity contribution >= 4 is 22.4 Å². The van der Waals surface area contributed by atoms with E-state index in [1.54, 1.807) is 38.2 Å². The van der Waals surface area contributed by atoms with Crippen LogP contribution >= 0.6 is 0 Å². The van der Waals surface area contributed by atoms with Crippen LogP contribution in [0.2, 0.25) is 0 Å². The smallest absolute Gasteiger partial charge is 0.287 e. The SMILES string of the molecule is CCN1CCN(c2cccc3c(O)n([C@H](CCCNC(=O)c4nccn4C)c4ccc(OC)c(OC)c4)cc23)CC1. The van der Waals surface area contributed by atoms with Crippen LogP contribution in [0.4, 0.5) is 5.69 Å². The van der Waals surface area contributed by atoms with Gasteiger partial charge < -0.3 is 38.8 Å². The van der Waals surface area contributed by atoms with E-state index in [-0.39, 0.29) is 17.8 Å². The van der Waals surface area contributed by atoms with Crippen molar-refractivity contribution < 1.29 is 19.4 Å². The van der Waals surface area contributed by atoms with Crippen LogP contribution in [0, 0.1) is 0 Å². The third-order valence-electron chi connectivity index (χ3n) is 8.09. The monoisotopic (exact) mass is 560 g/mol. The number of hydrogen-bond donors (Lipinski definition) is 2. The summed E-state index contributed by atoms with van der Waals surface area (Å²) in [5.74, 6) is 1.67. The molecule has 1 saturated heterocycles. The quantitative estimate of drug-likeness (QED) is 0.267. The van der Waals surface area contributed by atoms with Crippen LogP contribution < -0.4 is 19.7 Å². The summed E-state index contributed by atoms with van der Waals surface area (Å²) in [5.41, 5.74) is 2.12. The lowest BCUT2D eigenvalue weighted by Gasteiger charge is -2.35. The Kier molecular flexibility index (Phi) is 8.68. The second-order valence-corrected chi connectivity index (χ2v) is 10.4. The molecule has 5 rings (SSSR count). The average molecular weight is 561 g/mol. The molecule has 1 atom stereocenters. The van der Waals surface area contributed by atoms with Crippen LogP contribution in [-0.2, 0) is 7.05 Å². The number of aromatic hydroxyl groups is 1. The molecule has 1 fully saturated rings. The first-order chi connectivity index (χ1) is 19.9. The Balaban J connectivity index is 1.44. The zero-order chi connectivity index (χ0) is 28.9. The van der Waals surface area contributed by atoms with Gasteiger partial charge in [0.15, 0.2) is 23.2 Å². The number of imidazole rings is 1. The van der Waals surface area contributed by atoms with Gasteiger partial charge in [-0.2, -0.15) is 0 Å². The zero-order valence-corrected chi connectivity index (χ0v) is 24.3. The summed E-state index contributed by atoms with van der Waals surface area (Å²) in [4.78, 5) is 21.6. The van der Waals surface area contributed by atoms with E-state index < -0.39 is 0 Å². The van der Waals surface area contributed by atoms with Gasteiger partial charge in [0.25, 0.3) is 5.91 Å². The molecule has 0 spiro atoms. The molecule has 3 heterocycles. The van der Waals surface area contributed by atoms with E-state index in [0.29, 0.717) is 36.7 Å². The number of rotatable bonds is 11. The number of amides is 1. The third-order valence-corrected chi connectivity index (χ3v) is 8.09. The van der Waals surface area contributed by atoms with Gasteiger partial charge in [-0.3, -0.25) is 4.79 Å². The van der Waals surface area contributed by atoms with E-state index in [0.717, 1.165) is 54.7 Å². The number of anilines is 1. The number of methoxy groups -OCH3 is 2. The van der Waals surface area contributed by atoms with Gasteiger partial charge >= 0.3 is 0 Å². The fraction of sp³-hybridized carbons (Fsp3) is 0.419. The van der Waals surface area contributed by atoms with Crippen molar-refractivity contribution in [3.05, 3.63) is 66.4 Å². The highest BCUT2D eigenvalue weighted by atomic mass is 16.5. The number of aryl methyl sites for hydroxylation is 1. The van der Waals surface area contributed by atoms with Gasteiger partial charge in [0.2, 0.25) is 0 Å². The maximum absolute atomic E-state index is 12.6. The van der Waals surface area contributed by atoms with Crippen molar-refractivity contribution in [3.8, 4) is 17.4 Å². The first-order valence-corrected chi connectivity index (χ1v) is 14.2. The molecule has 0 saturated carbocycles. The van der Waals surface area contributed by atoms with E-state index >= 15 is 0 Å². The number of benzene rings is 2. The summed E-state index contributed by atoms with van der Waals surface area (Å²) in [5, 5.41) is 16.4. The van der Waals surface area contributed by atoms with Crippen LogP contribution in [0.3, 0.4) is 0 Å². The standard InChI is InChI=1S/C31H40N6O4/c1-5-35-16-18-36(19-17-35)26-9-6-8-23-24(26)21-37(31(23)39)25(22-11-12-27(40-3)28(20-22)41-4)10-7-13-33-30(38)29-32-14-15-34(29)2/h6,8-9,11-12,14-15,20-21,25,39H,5,7,10,13,16-19H2,1-4H3,(H,33,38)/t25-/m1/s1. The lowest BCUT2D eigenvalue weighted by molar-refractivity contribution is 0.0939. The van der Waals surface area contributed by atoms with Crippen LogP contribution in [0.1, 0.15) is 42.0 Å². The number of nitrogens with zero attached hydrogens (tertiary/aromatic N) is 5. The number of carbonyl (C=O) groups excluding carboxylic acids is 1. The van der Waals surface area contributed by atoms with Crippen molar-refractivity contribution in [1.29, 1.82) is 0 Å². The van der Waals surface area contributed by atoms with E-state index in [1.165, 1.54) is 0 Å². The van der Waals surface area contributed by atoms with Gasteiger partial charge in [0.1, 0.15) is 0 Å². The average Bonchev–Trinajstić information content (AvgIpc) is 3.59. The van der Waals surface area contributed by atoms with Crippen molar-refractivity contribution in [2.24, 2.45) is 7.05 Å². The number of aromatic nitrogens is 3. The van der Waals surface area contributed by atoms with E-state index in [1.807, 2.05) is 34.9 Å². The number of fused-ring (bicyclic) bond motifs is 1. The summed E-state index contributed by atoms with van der Waals surface area (Å²) in [7, 11) is 5.04. The zero-order valence-electron chi connectivity index (χ0n) is 24.3. The largest absolute Gasteiger partial charge is 0.494 e. The Morgan fingerprint density at radius 3 is 2.54 bits per heavy atom. The van der Waals surface area contributed by atoms with Gasteiger partial charge in [-0.25, -0.2) is 4.98 Å². The second kappa shape index (κ2) is 12.6. The van der Waals surface area contributed by atoms with E-state index in [9.17, 15) is 9.90 Å². The molecule has 0 radical (unpaired) electrons. The fourth-order valence-electron chi connectivity index (χ4n) is 5.73. The van der Waals surface area contributed by atoms with E-state index in [2.05, 4.69) is 39.3 Å². The van der Waals surface area contributed by atoms with Crippen LogP contribution in [0.15, 0.2) is 55.0 Å². The predicted octanol–water partition coefficient (Wildman–Crippen LogP) is 4.04. The van der Waals surface area contributed by atoms with Gasteiger partial charge in [-0.15, -0.1) is 0 Å². The third kappa shape index (κ3) is 5.83. The molecular weight excluding hydrogens is 520 g/mol. The maximum atomic E-state index is 12.6. The molecule has 0 unspecified atom stereocenters. The normalized spacial score (nSPS) is 14.8. The lowest BCUT2D eigenvalue weighted by Crippen LogP contribution is -2.46. The number of nitrogens with one attached hydrogen (secondary N) is 1. The number of likely N-dealkylation sites (N-methyl/N-ethyl adjacent to an activating group) is 1. The Morgan fingerprint density at radius 2 is 1.85 bits per heavy atom. The minimum Gasteiger partial charge on any atom is -0.494 e. The molecule has 4 aromatic rings. The Labute approximate surface area is 241 Å². The molecule has 10 heteroatoms. The summed E-state index contributed by atoms with van der Waals surface area (Å²) in [6.45, 7) is 7.69. The Hall–Kier alpha value is -4.18. The van der Waals surface area contributed by atoms with Crippen LogP contribution in [-0.4, -0.2) is 83.5 Å². The van der Waals surface area contributed by atoms with E-state index in [4.69, 9.17) is 9.47 Å². The molecule has 2 aromatic heterocycles. The van der Waals surface area contributed by atoms with Crippen molar-refractivity contribution in [3.63, 3.8) is 0 Å². The number of piperazine rings is 1. The second-order valence-electron chi connectivity index (χ2n) is 10.4. The van der Waals surface area contributed by atoms with Gasteiger partial charge in [-0.05, 0) is 49.2 Å². The first kappa shape index (κ1) is 28.4. The van der Waals surface area contributed by atoms with Crippen molar-refractivity contribution in [1.82, 2.24) is 24.3 Å². The van der Waals surface area contributed by atoms with Crippen molar-refractivity contribution in [2.45, 2.75) is 25.8 Å². The Bertz CT molecular complexity index is 1490. The molecule has 218 valence electrons. The molecule has 1 aliphatic heterocycles. The summed E-state index contributed by atoms with van der Waals surface area (Å²) < 4.78 is 14.7. The van der Waals surface area contributed by atoms with Gasteiger partial charge in [0, 0.05) is 74.8 Å². The lowest BCUT2D eigenvalue weighted by atomic mass is 10.0. The molecule has 2 N–H and O–H groups in total. The molecule has 41 heavy (non-hydrogen) atoms. The minimum atomic E-state index is -0.206. The summed E-state index contributed by atoms with van der Waals surface area (Å²) in [6.07, 6.45) is 6.79. The molecule has 2 aromatic carbocycles. The molecular formula is C31H40N6O4. The molecule has 1 amide bonds. The van der Waals surface area contributed by atoms with Crippen molar-refractivity contribution in [2.75, 3.05) is 58.4 Å². The minimum absolute atomic E-state index is 0.197. The number of ether oxygens (including phenoxy) is 2. The van der Waals surface area contributed by atoms with Gasteiger partial charge in [0.05, 0.1) is 20.3 Å². The number of carbonyl (C=O) groups is 1. The first-order valence-electron chi connectivity index (χ1n) is 14.2. The predicted molar refractivity (Wildman–Crippen MR) is 160 cm³/mol. The topological polar surface area (TPSA) is 97.0 Å². The maximum Gasteiger partial charge on any atom is 0.287 e. The Morgan fingerprint density at radius 1 is 1.07 bits per heavy atom. The highest BCUT2D eigenvalue weighted by Crippen LogP contribution is 2.40. The molecule has 0 bridgehead atoms. The molecule has 1 aliphatic rings. The highest BCUT2D eigenvalue weighted by molar-refractivity contribution is 5.98. The molecule has 0 aliphatic carbocycles. The summed E-state index contributed by atoms with van der Waals surface area (Å²) >= 11 is 0. The van der Waals surface area contributed by atoms with Crippen LogP contribution in [0.5, 0.6) is 17.4 Å². The fourth-order valence-corrected chi connectivity index (χ4v) is 5.73. The summed E-state index contributed by atoms with van der Waals surface area (Å²) in [6, 6.07) is 11.8. The van der Waals surface area contributed by atoms with Gasteiger partial charge in [-0.1, -0.05) is 19.1 Å².